The van der Waals surface area contributed by atoms with Crippen LogP contribution in [-0.4, -0.2) is 39.3 Å². The Labute approximate surface area is 156 Å². The largest absolute Gasteiger partial charge is 0.381 e. The van der Waals surface area contributed by atoms with E-state index in [1.54, 1.807) is 0 Å². The molecule has 4 rings (SSSR count). The second-order valence-electron chi connectivity index (χ2n) is 7.11. The molecule has 1 saturated heterocycles. The minimum atomic E-state index is -0.247. The molecule has 0 bridgehead atoms. The van der Waals surface area contributed by atoms with Gasteiger partial charge in [0.25, 0.3) is 5.56 Å². The molecule has 0 unspecified atom stereocenters. The average molecular weight is 368 g/mol. The molecule has 1 aliphatic rings. The van der Waals surface area contributed by atoms with Gasteiger partial charge in [0.15, 0.2) is 0 Å². The number of hydrogen-bond donors (Lipinski definition) is 1. The zero-order valence-corrected chi connectivity index (χ0v) is 15.7. The van der Waals surface area contributed by atoms with Gasteiger partial charge < -0.3 is 10.1 Å². The first kappa shape index (κ1) is 17.7. The number of carbonyl (C=O) groups excluding carboxylic acids is 1. The van der Waals surface area contributed by atoms with Gasteiger partial charge in [-0.3, -0.25) is 14.0 Å². The van der Waals surface area contributed by atoms with Crippen LogP contribution >= 0.6 is 0 Å². The van der Waals surface area contributed by atoms with Gasteiger partial charge in [0.05, 0.1) is 5.52 Å². The van der Waals surface area contributed by atoms with Crippen LogP contribution in [-0.2, 0) is 22.5 Å². The van der Waals surface area contributed by atoms with Crippen LogP contribution in [0.1, 0.15) is 31.2 Å². The van der Waals surface area contributed by atoms with Crippen LogP contribution in [0.3, 0.4) is 0 Å². The molecule has 0 spiro atoms. The van der Waals surface area contributed by atoms with Crippen LogP contribution in [0, 0.1) is 6.92 Å². The smallest absolute Gasteiger partial charge is 0.291 e. The number of hydrogen-bond acceptors (Lipinski definition) is 4. The Bertz CT molecular complexity index is 1060. The Morgan fingerprint density at radius 3 is 2.78 bits per heavy atom. The number of amides is 1. The van der Waals surface area contributed by atoms with Gasteiger partial charge in [-0.15, -0.1) is 0 Å². The fourth-order valence-electron chi connectivity index (χ4n) is 3.70. The van der Waals surface area contributed by atoms with Crippen LogP contribution in [0.2, 0.25) is 0 Å². The summed E-state index contributed by atoms with van der Waals surface area (Å²) in [7, 11) is 0. The van der Waals surface area contributed by atoms with Gasteiger partial charge in [-0.2, -0.15) is 5.10 Å². The van der Waals surface area contributed by atoms with E-state index in [4.69, 9.17) is 4.74 Å². The van der Waals surface area contributed by atoms with E-state index in [0.29, 0.717) is 25.2 Å². The molecular formula is C20H24N4O3. The van der Waals surface area contributed by atoms with Crippen LogP contribution in [0.5, 0.6) is 0 Å². The normalized spacial score (nSPS) is 15.5. The molecule has 0 atom stereocenters. The van der Waals surface area contributed by atoms with Crippen molar-refractivity contribution in [3.63, 3.8) is 0 Å². The predicted octanol–water partition coefficient (Wildman–Crippen LogP) is 1.82. The van der Waals surface area contributed by atoms with E-state index in [9.17, 15) is 9.59 Å². The lowest BCUT2D eigenvalue weighted by molar-refractivity contribution is -0.123. The van der Waals surface area contributed by atoms with Crippen LogP contribution in [0.15, 0.2) is 29.1 Å². The topological polar surface area (TPSA) is 77.6 Å². The lowest BCUT2D eigenvalue weighted by atomic mass is 10.1. The van der Waals surface area contributed by atoms with Crippen molar-refractivity contribution in [2.24, 2.45) is 0 Å². The molecular weight excluding hydrogens is 344 g/mol. The molecule has 1 fully saturated rings. The third-order valence-electron chi connectivity index (χ3n) is 5.10. The fourth-order valence-corrected chi connectivity index (χ4v) is 3.70. The highest BCUT2D eigenvalue weighted by Crippen LogP contribution is 2.21. The lowest BCUT2D eigenvalue weighted by Crippen LogP contribution is -2.42. The number of nitrogens with zero attached hydrogens (tertiary/aromatic N) is 3. The SMILES string of the molecule is CCc1nn(CC(=O)NC2CCOCC2)c(=O)c2cc3ccc(C)cc3n12. The van der Waals surface area contributed by atoms with Gasteiger partial charge in [0.2, 0.25) is 5.91 Å². The minimum absolute atomic E-state index is 0.0692. The van der Waals surface area contributed by atoms with Gasteiger partial charge in [-0.1, -0.05) is 19.1 Å². The van der Waals surface area contributed by atoms with Crippen molar-refractivity contribution in [3.8, 4) is 0 Å². The van der Waals surface area contributed by atoms with E-state index in [0.717, 1.165) is 35.1 Å². The number of benzene rings is 1. The first-order valence-electron chi connectivity index (χ1n) is 9.45. The van der Waals surface area contributed by atoms with E-state index >= 15 is 0 Å². The number of rotatable bonds is 4. The molecule has 1 amide bonds. The molecule has 0 aliphatic carbocycles. The molecule has 0 radical (unpaired) electrons. The van der Waals surface area contributed by atoms with E-state index in [2.05, 4.69) is 16.5 Å². The van der Waals surface area contributed by atoms with E-state index < -0.39 is 0 Å². The maximum absolute atomic E-state index is 13.0. The standard InChI is InChI=1S/C20H24N4O3/c1-3-18-22-23(12-19(25)21-15-6-8-27-9-7-15)20(26)17-11-14-5-4-13(2)10-16(14)24(17)18/h4-5,10-11,15H,3,6-9,12H2,1-2H3,(H,21,25). The molecule has 27 heavy (non-hydrogen) atoms. The zero-order valence-electron chi connectivity index (χ0n) is 15.7. The minimum Gasteiger partial charge on any atom is -0.381 e. The van der Waals surface area contributed by atoms with Gasteiger partial charge in [-0.25, -0.2) is 4.68 Å². The molecule has 0 saturated carbocycles. The molecule has 7 nitrogen and oxygen atoms in total. The van der Waals surface area contributed by atoms with Crippen molar-refractivity contribution >= 4 is 22.3 Å². The summed E-state index contributed by atoms with van der Waals surface area (Å²) in [6, 6.07) is 8.09. The van der Waals surface area contributed by atoms with Crippen molar-refractivity contribution < 1.29 is 9.53 Å². The number of aromatic nitrogens is 3. The van der Waals surface area contributed by atoms with E-state index in [1.165, 1.54) is 4.68 Å². The first-order chi connectivity index (χ1) is 13.1. The monoisotopic (exact) mass is 368 g/mol. The van der Waals surface area contributed by atoms with Crippen molar-refractivity contribution in [2.75, 3.05) is 13.2 Å². The zero-order chi connectivity index (χ0) is 19.0. The summed E-state index contributed by atoms with van der Waals surface area (Å²) in [5.74, 6) is 0.582. The Kier molecular flexibility index (Phi) is 4.70. The van der Waals surface area contributed by atoms with Crippen molar-refractivity contribution in [1.82, 2.24) is 19.5 Å². The number of nitrogens with one attached hydrogen (secondary N) is 1. The van der Waals surface area contributed by atoms with Gasteiger partial charge in [0, 0.05) is 31.1 Å². The average Bonchev–Trinajstić information content (AvgIpc) is 3.04. The molecule has 3 aromatic rings. The molecule has 1 N–H and O–H groups in total. The second-order valence-corrected chi connectivity index (χ2v) is 7.11. The Morgan fingerprint density at radius 1 is 1.26 bits per heavy atom. The summed E-state index contributed by atoms with van der Waals surface area (Å²) in [5.41, 5.74) is 2.42. The summed E-state index contributed by atoms with van der Waals surface area (Å²) in [6.45, 7) is 5.27. The quantitative estimate of drug-likeness (QED) is 0.762. The lowest BCUT2D eigenvalue weighted by Gasteiger charge is -2.23. The molecule has 2 aromatic heterocycles. The highest BCUT2D eigenvalue weighted by Gasteiger charge is 2.19. The Morgan fingerprint density at radius 2 is 2.04 bits per heavy atom. The highest BCUT2D eigenvalue weighted by atomic mass is 16.5. The third kappa shape index (κ3) is 3.35. The summed E-state index contributed by atoms with van der Waals surface area (Å²) in [5, 5.41) is 8.47. The molecule has 7 heteroatoms. The van der Waals surface area contributed by atoms with Gasteiger partial charge in [0.1, 0.15) is 17.9 Å². The Hall–Kier alpha value is -2.67. The molecule has 142 valence electrons. The third-order valence-corrected chi connectivity index (χ3v) is 5.10. The highest BCUT2D eigenvalue weighted by molar-refractivity contribution is 5.87. The molecule has 3 heterocycles. The number of fused-ring (bicyclic) bond motifs is 3. The maximum atomic E-state index is 13.0. The van der Waals surface area contributed by atoms with Crippen LogP contribution in [0.4, 0.5) is 0 Å². The van der Waals surface area contributed by atoms with Crippen molar-refractivity contribution in [2.45, 2.75) is 45.7 Å². The summed E-state index contributed by atoms with van der Waals surface area (Å²) in [6.07, 6.45) is 2.27. The first-order valence-corrected chi connectivity index (χ1v) is 9.45. The molecule has 1 aromatic carbocycles. The van der Waals surface area contributed by atoms with Crippen LogP contribution in [0.25, 0.3) is 16.4 Å². The van der Waals surface area contributed by atoms with E-state index in [1.807, 2.05) is 36.4 Å². The number of aryl methyl sites for hydroxylation is 2. The summed E-state index contributed by atoms with van der Waals surface area (Å²) >= 11 is 0. The van der Waals surface area contributed by atoms with E-state index in [-0.39, 0.29) is 24.1 Å². The molecule has 1 aliphatic heterocycles. The Balaban J connectivity index is 1.71. The second kappa shape index (κ2) is 7.15. The van der Waals surface area contributed by atoms with Crippen molar-refractivity contribution in [3.05, 3.63) is 46.0 Å². The predicted molar refractivity (Wildman–Crippen MR) is 103 cm³/mol. The van der Waals surface area contributed by atoms with Gasteiger partial charge >= 0.3 is 0 Å². The number of ether oxygens (including phenoxy) is 1. The van der Waals surface area contributed by atoms with Crippen LogP contribution < -0.4 is 10.9 Å². The maximum Gasteiger partial charge on any atom is 0.291 e. The van der Waals surface area contributed by atoms with Gasteiger partial charge in [-0.05, 0) is 37.5 Å². The summed E-state index contributed by atoms with van der Waals surface area (Å²) in [4.78, 5) is 25.4. The van der Waals surface area contributed by atoms with Crippen molar-refractivity contribution in [1.29, 1.82) is 0 Å². The number of carbonyl (C=O) groups is 1. The fraction of sp³-hybridized carbons (Fsp3) is 0.450. The summed E-state index contributed by atoms with van der Waals surface area (Å²) < 4.78 is 8.51.